The number of carboxylic acids is 1. The molecule has 1 unspecified atom stereocenters. The number of carboxylic acid groups (broad SMARTS) is 1. The Hall–Kier alpha value is -2.16. The Morgan fingerprint density at radius 2 is 2.15 bits per heavy atom. The van der Waals surface area contributed by atoms with Gasteiger partial charge in [-0.05, 0) is 0 Å². The van der Waals surface area contributed by atoms with Gasteiger partial charge in [0.25, 0.3) is 5.91 Å². The van der Waals surface area contributed by atoms with E-state index in [1.54, 1.807) is 0 Å². The number of amides is 4. The average molecular weight is 287 g/mol. The second kappa shape index (κ2) is 6.85. The monoisotopic (exact) mass is 287 g/mol. The smallest absolute Gasteiger partial charge is 0.323 e. The Kier molecular flexibility index (Phi) is 5.44. The van der Waals surface area contributed by atoms with Crippen molar-refractivity contribution in [2.75, 3.05) is 33.9 Å². The molecule has 9 nitrogen and oxygen atoms in total. The zero-order valence-corrected chi connectivity index (χ0v) is 11.3. The summed E-state index contributed by atoms with van der Waals surface area (Å²) in [5.74, 6) is -2.07. The van der Waals surface area contributed by atoms with Crippen molar-refractivity contribution in [3.8, 4) is 0 Å². The van der Waals surface area contributed by atoms with Gasteiger partial charge in [-0.3, -0.25) is 19.3 Å². The van der Waals surface area contributed by atoms with Crippen molar-refractivity contribution >= 4 is 23.8 Å². The van der Waals surface area contributed by atoms with Crippen LogP contribution in [0.4, 0.5) is 4.79 Å². The molecule has 1 atom stereocenters. The normalized spacial score (nSPS) is 18.3. The fourth-order valence-corrected chi connectivity index (χ4v) is 1.73. The summed E-state index contributed by atoms with van der Waals surface area (Å²) in [4.78, 5) is 47.5. The zero-order chi connectivity index (χ0) is 15.3. The first-order chi connectivity index (χ1) is 9.36. The van der Waals surface area contributed by atoms with Crippen molar-refractivity contribution < 1.29 is 29.0 Å². The number of carbonyl (C=O) groups is 4. The second-order valence-corrected chi connectivity index (χ2v) is 4.31. The average Bonchev–Trinajstić information content (AvgIpc) is 2.61. The third-order valence-electron chi connectivity index (χ3n) is 2.86. The molecule has 1 heterocycles. The molecule has 1 aliphatic rings. The minimum Gasteiger partial charge on any atom is -0.480 e. The summed E-state index contributed by atoms with van der Waals surface area (Å²) in [7, 11) is 2.75. The van der Waals surface area contributed by atoms with E-state index < -0.39 is 30.5 Å². The van der Waals surface area contributed by atoms with Gasteiger partial charge < -0.3 is 20.1 Å². The Morgan fingerprint density at radius 3 is 2.60 bits per heavy atom. The third kappa shape index (κ3) is 3.92. The van der Waals surface area contributed by atoms with E-state index in [9.17, 15) is 19.2 Å². The quantitative estimate of drug-likeness (QED) is 0.573. The van der Waals surface area contributed by atoms with Gasteiger partial charge in [0.05, 0.1) is 13.0 Å². The van der Waals surface area contributed by atoms with E-state index in [4.69, 9.17) is 9.84 Å². The maximum Gasteiger partial charge on any atom is 0.323 e. The molecule has 1 aliphatic heterocycles. The van der Waals surface area contributed by atoms with Gasteiger partial charge in [0, 0.05) is 20.7 Å². The molecule has 1 rings (SSSR count). The Bertz CT molecular complexity index is 424. The summed E-state index contributed by atoms with van der Waals surface area (Å²) in [6, 6.07) is -1.66. The summed E-state index contributed by atoms with van der Waals surface area (Å²) < 4.78 is 4.79. The molecule has 0 bridgehead atoms. The topological polar surface area (TPSA) is 116 Å². The van der Waals surface area contributed by atoms with Crippen molar-refractivity contribution in [3.63, 3.8) is 0 Å². The number of nitrogens with one attached hydrogen (secondary N) is 1. The van der Waals surface area contributed by atoms with Gasteiger partial charge in [-0.25, -0.2) is 4.79 Å². The Balaban J connectivity index is 2.63. The van der Waals surface area contributed by atoms with Crippen LogP contribution in [0.15, 0.2) is 0 Å². The SMILES string of the molecule is COCCN(CC(=O)O)C(=O)NC1CC(=O)N(C)C1=O. The summed E-state index contributed by atoms with van der Waals surface area (Å²) in [6.07, 6.45) is -0.119. The lowest BCUT2D eigenvalue weighted by atomic mass is 10.2. The van der Waals surface area contributed by atoms with Gasteiger partial charge in [-0.1, -0.05) is 0 Å². The van der Waals surface area contributed by atoms with E-state index in [2.05, 4.69) is 5.32 Å². The van der Waals surface area contributed by atoms with Gasteiger partial charge >= 0.3 is 12.0 Å². The fraction of sp³-hybridized carbons (Fsp3) is 0.636. The molecular formula is C11H17N3O6. The van der Waals surface area contributed by atoms with E-state index in [1.165, 1.54) is 14.2 Å². The summed E-state index contributed by atoms with van der Waals surface area (Å²) in [6.45, 7) is -0.280. The highest BCUT2D eigenvalue weighted by Crippen LogP contribution is 2.10. The van der Waals surface area contributed by atoms with E-state index in [0.29, 0.717) is 0 Å². The lowest BCUT2D eigenvalue weighted by Crippen LogP contribution is -2.49. The van der Waals surface area contributed by atoms with Gasteiger partial charge in [0.1, 0.15) is 12.6 Å². The molecule has 20 heavy (non-hydrogen) atoms. The maximum absolute atomic E-state index is 11.9. The molecule has 0 aromatic heterocycles. The number of aliphatic carboxylic acids is 1. The number of hydrogen-bond acceptors (Lipinski definition) is 5. The molecule has 1 saturated heterocycles. The zero-order valence-electron chi connectivity index (χ0n) is 11.3. The predicted octanol–water partition coefficient (Wildman–Crippen LogP) is -1.51. The van der Waals surface area contributed by atoms with Crippen LogP contribution in [0.3, 0.4) is 0 Å². The molecule has 0 aliphatic carbocycles. The molecule has 4 amide bonds. The molecule has 0 saturated carbocycles. The van der Waals surface area contributed by atoms with Crippen LogP contribution in [0.5, 0.6) is 0 Å². The van der Waals surface area contributed by atoms with E-state index in [0.717, 1.165) is 9.80 Å². The summed E-state index contributed by atoms with van der Waals surface area (Å²) in [5, 5.41) is 11.1. The number of nitrogens with zero attached hydrogens (tertiary/aromatic N) is 2. The van der Waals surface area contributed by atoms with Crippen LogP contribution in [-0.2, 0) is 19.1 Å². The van der Waals surface area contributed by atoms with Crippen LogP contribution in [-0.4, -0.2) is 78.6 Å². The first-order valence-corrected chi connectivity index (χ1v) is 5.93. The largest absolute Gasteiger partial charge is 0.480 e. The van der Waals surface area contributed by atoms with E-state index in [1.807, 2.05) is 0 Å². The Morgan fingerprint density at radius 1 is 1.50 bits per heavy atom. The minimum absolute atomic E-state index is 0.0688. The number of methoxy groups -OCH3 is 1. The lowest BCUT2D eigenvalue weighted by Gasteiger charge is -2.22. The van der Waals surface area contributed by atoms with Crippen LogP contribution in [0.25, 0.3) is 0 Å². The lowest BCUT2D eigenvalue weighted by molar-refractivity contribution is -0.138. The van der Waals surface area contributed by atoms with Gasteiger partial charge in [-0.15, -0.1) is 0 Å². The molecule has 0 aromatic rings. The van der Waals surface area contributed by atoms with Crippen molar-refractivity contribution in [3.05, 3.63) is 0 Å². The summed E-state index contributed by atoms with van der Waals surface area (Å²) in [5.41, 5.74) is 0. The molecule has 0 spiro atoms. The van der Waals surface area contributed by atoms with Crippen LogP contribution >= 0.6 is 0 Å². The highest BCUT2D eigenvalue weighted by atomic mass is 16.5. The van der Waals surface area contributed by atoms with Gasteiger partial charge in [-0.2, -0.15) is 0 Å². The number of likely N-dealkylation sites (N-methyl/N-ethyl adjacent to an activating group) is 1. The van der Waals surface area contributed by atoms with Crippen LogP contribution in [0.1, 0.15) is 6.42 Å². The van der Waals surface area contributed by atoms with Gasteiger partial charge in [0.15, 0.2) is 0 Å². The first-order valence-electron chi connectivity index (χ1n) is 5.93. The molecule has 112 valence electrons. The van der Waals surface area contributed by atoms with E-state index >= 15 is 0 Å². The predicted molar refractivity (Wildman–Crippen MR) is 65.8 cm³/mol. The van der Waals surface area contributed by atoms with Crippen LogP contribution < -0.4 is 5.32 Å². The molecule has 0 aromatic carbocycles. The number of imide groups is 1. The van der Waals surface area contributed by atoms with Crippen molar-refractivity contribution in [2.45, 2.75) is 12.5 Å². The number of urea groups is 1. The standard InChI is InChI=1S/C11H17N3O6/c1-13-8(15)5-7(10(13)18)12-11(19)14(3-4-20-2)6-9(16)17/h7H,3-6H2,1-2H3,(H,12,19)(H,16,17). The number of rotatable bonds is 6. The van der Waals surface area contributed by atoms with Crippen molar-refractivity contribution in [2.24, 2.45) is 0 Å². The highest BCUT2D eigenvalue weighted by molar-refractivity contribution is 6.06. The van der Waals surface area contributed by atoms with Crippen LogP contribution in [0, 0.1) is 0 Å². The maximum atomic E-state index is 11.9. The van der Waals surface area contributed by atoms with E-state index in [-0.39, 0.29) is 25.5 Å². The fourth-order valence-electron chi connectivity index (χ4n) is 1.73. The van der Waals surface area contributed by atoms with Gasteiger partial charge in [0.2, 0.25) is 5.91 Å². The molecular weight excluding hydrogens is 270 g/mol. The first kappa shape index (κ1) is 15.9. The second-order valence-electron chi connectivity index (χ2n) is 4.31. The minimum atomic E-state index is -1.18. The molecule has 1 fully saturated rings. The molecule has 0 radical (unpaired) electrons. The Labute approximate surface area is 115 Å². The highest BCUT2D eigenvalue weighted by Gasteiger charge is 2.37. The molecule has 9 heteroatoms. The van der Waals surface area contributed by atoms with Crippen molar-refractivity contribution in [1.82, 2.24) is 15.1 Å². The van der Waals surface area contributed by atoms with Crippen molar-refractivity contribution in [1.29, 1.82) is 0 Å². The number of likely N-dealkylation sites (tertiary alicyclic amines) is 1. The third-order valence-corrected chi connectivity index (χ3v) is 2.86. The number of carbonyl (C=O) groups excluding carboxylic acids is 3. The summed E-state index contributed by atoms with van der Waals surface area (Å²) >= 11 is 0. The number of ether oxygens (including phenoxy) is 1. The molecule has 2 N–H and O–H groups in total. The van der Waals surface area contributed by atoms with Crippen LogP contribution in [0.2, 0.25) is 0 Å². The number of hydrogen-bond donors (Lipinski definition) is 2.